The van der Waals surface area contributed by atoms with E-state index in [-0.39, 0.29) is 24.7 Å². The van der Waals surface area contributed by atoms with Crippen LogP contribution < -0.4 is 5.32 Å². The molecule has 1 saturated carbocycles. The van der Waals surface area contributed by atoms with Gasteiger partial charge in [-0.1, -0.05) is 0 Å². The SMILES string of the molecule is COC[C@H](NC(=O)N1CCN(CC(F)(F)F)[C@@H](C)C1)C1CC1. The first kappa shape index (κ1) is 17.3. The number of carbonyl (C=O) groups is 1. The first-order valence-electron chi connectivity index (χ1n) is 7.65. The third kappa shape index (κ3) is 5.01. The summed E-state index contributed by atoms with van der Waals surface area (Å²) in [7, 11) is 1.60. The van der Waals surface area contributed by atoms with Gasteiger partial charge < -0.3 is 15.0 Å². The summed E-state index contributed by atoms with van der Waals surface area (Å²) < 4.78 is 42.5. The van der Waals surface area contributed by atoms with E-state index < -0.39 is 12.7 Å². The number of halogens is 3. The number of methoxy groups -OCH3 is 1. The number of urea groups is 1. The van der Waals surface area contributed by atoms with E-state index in [1.165, 1.54) is 4.90 Å². The summed E-state index contributed by atoms with van der Waals surface area (Å²) in [4.78, 5) is 15.2. The van der Waals surface area contributed by atoms with Crippen molar-refractivity contribution in [2.45, 2.75) is 38.0 Å². The topological polar surface area (TPSA) is 44.8 Å². The second kappa shape index (κ2) is 7.04. The molecule has 1 aliphatic heterocycles. The number of nitrogens with zero attached hydrogens (tertiary/aromatic N) is 2. The van der Waals surface area contributed by atoms with Gasteiger partial charge in [0.1, 0.15) is 0 Å². The highest BCUT2D eigenvalue weighted by molar-refractivity contribution is 5.74. The molecule has 128 valence electrons. The van der Waals surface area contributed by atoms with Crippen molar-refractivity contribution in [1.82, 2.24) is 15.1 Å². The molecule has 2 atom stereocenters. The number of ether oxygens (including phenoxy) is 1. The summed E-state index contributed by atoms with van der Waals surface area (Å²) in [6.07, 6.45) is -2.03. The quantitative estimate of drug-likeness (QED) is 0.837. The van der Waals surface area contributed by atoms with Crippen LogP contribution >= 0.6 is 0 Å². The largest absolute Gasteiger partial charge is 0.401 e. The maximum absolute atomic E-state index is 12.5. The zero-order valence-corrected chi connectivity index (χ0v) is 13.0. The Hall–Kier alpha value is -1.02. The summed E-state index contributed by atoms with van der Waals surface area (Å²) in [6, 6.07) is -0.503. The Labute approximate surface area is 128 Å². The zero-order chi connectivity index (χ0) is 16.3. The molecule has 0 spiro atoms. The van der Waals surface area contributed by atoms with E-state index in [2.05, 4.69) is 5.32 Å². The van der Waals surface area contributed by atoms with E-state index in [0.29, 0.717) is 25.6 Å². The van der Waals surface area contributed by atoms with Gasteiger partial charge in [0.25, 0.3) is 0 Å². The Balaban J connectivity index is 1.82. The van der Waals surface area contributed by atoms with Crippen molar-refractivity contribution in [3.63, 3.8) is 0 Å². The van der Waals surface area contributed by atoms with Crippen LogP contribution in [0.15, 0.2) is 0 Å². The van der Waals surface area contributed by atoms with E-state index in [0.717, 1.165) is 12.8 Å². The van der Waals surface area contributed by atoms with Crippen molar-refractivity contribution < 1.29 is 22.7 Å². The Morgan fingerprint density at radius 2 is 2.05 bits per heavy atom. The molecular formula is C14H24F3N3O2. The smallest absolute Gasteiger partial charge is 0.383 e. The minimum Gasteiger partial charge on any atom is -0.383 e. The Morgan fingerprint density at radius 1 is 1.36 bits per heavy atom. The van der Waals surface area contributed by atoms with Gasteiger partial charge in [0.05, 0.1) is 19.2 Å². The van der Waals surface area contributed by atoms with E-state index >= 15 is 0 Å². The Morgan fingerprint density at radius 3 is 2.55 bits per heavy atom. The fourth-order valence-corrected chi connectivity index (χ4v) is 2.87. The molecule has 2 fully saturated rings. The third-order valence-corrected chi connectivity index (χ3v) is 4.28. The molecule has 0 unspecified atom stereocenters. The van der Waals surface area contributed by atoms with Gasteiger partial charge in [0.2, 0.25) is 0 Å². The Kier molecular flexibility index (Phi) is 5.55. The van der Waals surface area contributed by atoms with E-state index in [4.69, 9.17) is 4.74 Å². The predicted molar refractivity (Wildman–Crippen MR) is 75.6 cm³/mol. The van der Waals surface area contributed by atoms with Crippen LogP contribution in [0.3, 0.4) is 0 Å². The van der Waals surface area contributed by atoms with E-state index in [1.807, 2.05) is 0 Å². The molecule has 0 aromatic heterocycles. The highest BCUT2D eigenvalue weighted by Gasteiger charge is 2.37. The van der Waals surface area contributed by atoms with Gasteiger partial charge in [0.15, 0.2) is 0 Å². The van der Waals surface area contributed by atoms with E-state index in [9.17, 15) is 18.0 Å². The van der Waals surface area contributed by atoms with Gasteiger partial charge in [-0.3, -0.25) is 4.90 Å². The van der Waals surface area contributed by atoms with Crippen LogP contribution in [-0.2, 0) is 4.74 Å². The minimum absolute atomic E-state index is 0.000936. The summed E-state index contributed by atoms with van der Waals surface area (Å²) in [6.45, 7) is 2.14. The van der Waals surface area contributed by atoms with Crippen LogP contribution in [0.4, 0.5) is 18.0 Å². The lowest BCUT2D eigenvalue weighted by atomic mass is 10.2. The number of hydrogen-bond acceptors (Lipinski definition) is 3. The van der Waals surface area contributed by atoms with Crippen molar-refractivity contribution in [3.8, 4) is 0 Å². The number of hydrogen-bond donors (Lipinski definition) is 1. The average Bonchev–Trinajstić information content (AvgIpc) is 3.23. The fraction of sp³-hybridized carbons (Fsp3) is 0.929. The minimum atomic E-state index is -4.20. The first-order valence-corrected chi connectivity index (χ1v) is 7.65. The number of rotatable bonds is 5. The lowest BCUT2D eigenvalue weighted by Crippen LogP contribution is -2.58. The molecule has 0 aromatic rings. The molecule has 22 heavy (non-hydrogen) atoms. The predicted octanol–water partition coefficient (Wildman–Crippen LogP) is 1.69. The summed E-state index contributed by atoms with van der Waals surface area (Å²) in [5, 5.41) is 2.95. The van der Waals surface area contributed by atoms with Gasteiger partial charge in [-0.05, 0) is 25.7 Å². The van der Waals surface area contributed by atoms with Gasteiger partial charge in [0, 0.05) is 32.8 Å². The van der Waals surface area contributed by atoms with Crippen molar-refractivity contribution in [2.75, 3.05) is 39.9 Å². The second-order valence-electron chi connectivity index (χ2n) is 6.23. The molecule has 1 saturated heterocycles. The van der Waals surface area contributed by atoms with Crippen molar-refractivity contribution >= 4 is 6.03 Å². The normalized spacial score (nSPS) is 25.1. The highest BCUT2D eigenvalue weighted by atomic mass is 19.4. The van der Waals surface area contributed by atoms with Crippen LogP contribution in [0.2, 0.25) is 0 Å². The molecule has 1 aliphatic carbocycles. The van der Waals surface area contributed by atoms with Crippen LogP contribution in [0.5, 0.6) is 0 Å². The number of alkyl halides is 3. The lowest BCUT2D eigenvalue weighted by molar-refractivity contribution is -0.153. The molecule has 2 aliphatic rings. The maximum Gasteiger partial charge on any atom is 0.401 e. The van der Waals surface area contributed by atoms with Gasteiger partial charge >= 0.3 is 12.2 Å². The summed E-state index contributed by atoms with van der Waals surface area (Å²) in [5.74, 6) is 0.466. The first-order chi connectivity index (χ1) is 10.3. The van der Waals surface area contributed by atoms with Gasteiger partial charge in [-0.2, -0.15) is 13.2 Å². The monoisotopic (exact) mass is 323 g/mol. The van der Waals surface area contributed by atoms with Crippen LogP contribution in [0.25, 0.3) is 0 Å². The molecule has 8 heteroatoms. The van der Waals surface area contributed by atoms with Crippen LogP contribution in [0, 0.1) is 5.92 Å². The van der Waals surface area contributed by atoms with Crippen LogP contribution in [0.1, 0.15) is 19.8 Å². The number of carbonyl (C=O) groups excluding carboxylic acids is 1. The molecule has 0 radical (unpaired) electrons. The number of amides is 2. The highest BCUT2D eigenvalue weighted by Crippen LogP contribution is 2.32. The average molecular weight is 323 g/mol. The molecule has 2 rings (SSSR count). The van der Waals surface area contributed by atoms with Crippen molar-refractivity contribution in [3.05, 3.63) is 0 Å². The lowest BCUT2D eigenvalue weighted by Gasteiger charge is -2.40. The third-order valence-electron chi connectivity index (χ3n) is 4.28. The Bertz CT molecular complexity index is 388. The van der Waals surface area contributed by atoms with Crippen molar-refractivity contribution in [2.24, 2.45) is 5.92 Å². The molecule has 0 aromatic carbocycles. The second-order valence-corrected chi connectivity index (χ2v) is 6.23. The molecule has 0 bridgehead atoms. The van der Waals surface area contributed by atoms with E-state index in [1.54, 1.807) is 18.9 Å². The molecule has 2 amide bonds. The van der Waals surface area contributed by atoms with Gasteiger partial charge in [-0.25, -0.2) is 4.79 Å². The fourth-order valence-electron chi connectivity index (χ4n) is 2.87. The molecule has 5 nitrogen and oxygen atoms in total. The summed E-state index contributed by atoms with van der Waals surface area (Å²) >= 11 is 0. The standard InChI is InChI=1S/C14H24F3N3O2/c1-10-7-19(5-6-20(10)9-14(15,16)17)13(21)18-12(8-22-2)11-3-4-11/h10-12H,3-9H2,1-2H3,(H,18,21)/t10-,12-/m0/s1. The van der Waals surface area contributed by atoms with Crippen LogP contribution in [-0.4, -0.2) is 74.0 Å². The molecule has 1 heterocycles. The van der Waals surface area contributed by atoms with Crippen molar-refractivity contribution in [1.29, 1.82) is 0 Å². The molecule has 1 N–H and O–H groups in total. The van der Waals surface area contributed by atoms with Gasteiger partial charge in [-0.15, -0.1) is 0 Å². The number of nitrogens with one attached hydrogen (secondary N) is 1. The number of piperazine rings is 1. The molecular weight excluding hydrogens is 299 g/mol. The maximum atomic E-state index is 12.5. The summed E-state index contributed by atoms with van der Waals surface area (Å²) in [5.41, 5.74) is 0. The zero-order valence-electron chi connectivity index (χ0n) is 13.0.